The van der Waals surface area contributed by atoms with E-state index in [2.05, 4.69) is 64.0 Å². The second-order valence-electron chi connectivity index (χ2n) is 8.09. The van der Waals surface area contributed by atoms with Crippen molar-refractivity contribution in [1.29, 1.82) is 0 Å². The molecule has 4 rings (SSSR count). The van der Waals surface area contributed by atoms with Crippen molar-refractivity contribution in [3.05, 3.63) is 64.8 Å². The SMILES string of the molecule is CN1CCN(c2ccccc2C=C2C(C=O)N(c3ccc(Cl)cc3)CCN2C)CC1. The van der Waals surface area contributed by atoms with Gasteiger partial charge >= 0.3 is 0 Å². The van der Waals surface area contributed by atoms with Crippen LogP contribution in [0.4, 0.5) is 11.4 Å². The minimum absolute atomic E-state index is 0.328. The highest BCUT2D eigenvalue weighted by Crippen LogP contribution is 2.30. The minimum Gasteiger partial charge on any atom is -0.374 e. The summed E-state index contributed by atoms with van der Waals surface area (Å²) in [5.74, 6) is 0. The normalized spacial score (nSPS) is 21.9. The van der Waals surface area contributed by atoms with Gasteiger partial charge in [0.05, 0.1) is 0 Å². The van der Waals surface area contributed by atoms with Crippen LogP contribution >= 0.6 is 11.6 Å². The van der Waals surface area contributed by atoms with Crippen LogP contribution < -0.4 is 9.80 Å². The molecule has 1 unspecified atom stereocenters. The van der Waals surface area contributed by atoms with Crippen molar-refractivity contribution in [2.75, 3.05) is 63.2 Å². The van der Waals surface area contributed by atoms with E-state index >= 15 is 0 Å². The molecule has 1 atom stereocenters. The molecule has 0 aromatic heterocycles. The maximum atomic E-state index is 12.2. The first-order valence-corrected chi connectivity index (χ1v) is 10.9. The third-order valence-electron chi connectivity index (χ3n) is 6.13. The molecule has 2 aliphatic heterocycles. The Labute approximate surface area is 184 Å². The molecule has 2 aromatic carbocycles. The Morgan fingerprint density at radius 2 is 1.60 bits per heavy atom. The quantitative estimate of drug-likeness (QED) is 0.701. The van der Waals surface area contributed by atoms with Crippen LogP contribution in [0, 0.1) is 0 Å². The molecule has 5 nitrogen and oxygen atoms in total. The number of benzene rings is 2. The zero-order valence-corrected chi connectivity index (χ0v) is 18.4. The first kappa shape index (κ1) is 20.8. The van der Waals surface area contributed by atoms with Crippen LogP contribution in [0.5, 0.6) is 0 Å². The fourth-order valence-electron chi connectivity index (χ4n) is 4.28. The Hall–Kier alpha value is -2.50. The Morgan fingerprint density at radius 1 is 0.900 bits per heavy atom. The van der Waals surface area contributed by atoms with Gasteiger partial charge in [-0.2, -0.15) is 0 Å². The number of carbonyl (C=O) groups is 1. The molecule has 0 radical (unpaired) electrons. The van der Waals surface area contributed by atoms with Gasteiger partial charge in [0, 0.05) is 68.4 Å². The summed E-state index contributed by atoms with van der Waals surface area (Å²) in [6.45, 7) is 5.80. The molecule has 0 N–H and O–H groups in total. The summed E-state index contributed by atoms with van der Waals surface area (Å²) in [7, 11) is 4.24. The number of hydrogen-bond donors (Lipinski definition) is 0. The van der Waals surface area contributed by atoms with Crippen molar-refractivity contribution in [3.8, 4) is 0 Å². The number of rotatable bonds is 4. The van der Waals surface area contributed by atoms with Crippen LogP contribution in [0.15, 0.2) is 54.2 Å². The van der Waals surface area contributed by atoms with Crippen LogP contribution in [-0.4, -0.2) is 75.5 Å². The van der Waals surface area contributed by atoms with E-state index in [1.54, 1.807) is 0 Å². The van der Waals surface area contributed by atoms with Crippen LogP contribution in [-0.2, 0) is 4.79 Å². The molecule has 2 fully saturated rings. The van der Waals surface area contributed by atoms with Crippen LogP contribution in [0.2, 0.25) is 5.02 Å². The third kappa shape index (κ3) is 4.32. The van der Waals surface area contributed by atoms with Crippen LogP contribution in [0.1, 0.15) is 5.56 Å². The molecule has 2 aliphatic rings. The smallest absolute Gasteiger partial charge is 0.148 e. The van der Waals surface area contributed by atoms with Gasteiger partial charge in [0.1, 0.15) is 12.3 Å². The molecule has 2 aromatic rings. The van der Waals surface area contributed by atoms with Gasteiger partial charge in [-0.05, 0) is 49.0 Å². The van der Waals surface area contributed by atoms with E-state index in [-0.39, 0.29) is 6.04 Å². The molecule has 2 saturated heterocycles. The van der Waals surface area contributed by atoms with E-state index < -0.39 is 0 Å². The highest BCUT2D eigenvalue weighted by Gasteiger charge is 2.30. The monoisotopic (exact) mass is 424 g/mol. The first-order valence-electron chi connectivity index (χ1n) is 10.5. The number of nitrogens with zero attached hydrogens (tertiary/aromatic N) is 4. The minimum atomic E-state index is -0.328. The van der Waals surface area contributed by atoms with Gasteiger partial charge in [0.2, 0.25) is 0 Å². The number of likely N-dealkylation sites (N-methyl/N-ethyl adjacent to an activating group) is 2. The van der Waals surface area contributed by atoms with Crippen molar-refractivity contribution in [2.24, 2.45) is 0 Å². The van der Waals surface area contributed by atoms with Gasteiger partial charge in [-0.1, -0.05) is 29.8 Å². The predicted molar refractivity (Wildman–Crippen MR) is 125 cm³/mol. The van der Waals surface area contributed by atoms with Gasteiger partial charge in [-0.25, -0.2) is 0 Å². The summed E-state index contributed by atoms with van der Waals surface area (Å²) >= 11 is 6.06. The third-order valence-corrected chi connectivity index (χ3v) is 6.38. The number of halogens is 1. The molecular formula is C24H29ClN4O. The van der Waals surface area contributed by atoms with E-state index in [9.17, 15) is 4.79 Å². The topological polar surface area (TPSA) is 30.0 Å². The van der Waals surface area contributed by atoms with E-state index in [0.717, 1.165) is 62.5 Å². The van der Waals surface area contributed by atoms with Gasteiger partial charge in [-0.3, -0.25) is 0 Å². The predicted octanol–water partition coefficient (Wildman–Crippen LogP) is 3.45. The van der Waals surface area contributed by atoms with Crippen LogP contribution in [0.25, 0.3) is 6.08 Å². The van der Waals surface area contributed by atoms with E-state index in [4.69, 9.17) is 11.6 Å². The van der Waals surface area contributed by atoms with Gasteiger partial charge in [0.15, 0.2) is 0 Å². The van der Waals surface area contributed by atoms with Gasteiger partial charge in [-0.15, -0.1) is 0 Å². The fourth-order valence-corrected chi connectivity index (χ4v) is 4.40. The van der Waals surface area contributed by atoms with E-state index in [0.29, 0.717) is 5.02 Å². The number of para-hydroxylation sites is 1. The molecule has 30 heavy (non-hydrogen) atoms. The van der Waals surface area contributed by atoms with Crippen molar-refractivity contribution in [3.63, 3.8) is 0 Å². The number of piperazine rings is 2. The largest absolute Gasteiger partial charge is 0.374 e. The second kappa shape index (κ2) is 9.11. The molecular weight excluding hydrogens is 396 g/mol. The molecule has 2 heterocycles. The second-order valence-corrected chi connectivity index (χ2v) is 8.53. The summed E-state index contributed by atoms with van der Waals surface area (Å²) < 4.78 is 0. The van der Waals surface area contributed by atoms with Crippen molar-refractivity contribution < 1.29 is 4.79 Å². The highest BCUT2D eigenvalue weighted by molar-refractivity contribution is 6.30. The zero-order chi connectivity index (χ0) is 21.1. The molecule has 0 saturated carbocycles. The number of aldehydes is 1. The lowest BCUT2D eigenvalue weighted by molar-refractivity contribution is -0.108. The summed E-state index contributed by atoms with van der Waals surface area (Å²) in [6.07, 6.45) is 3.24. The lowest BCUT2D eigenvalue weighted by Crippen LogP contribution is -2.51. The average molecular weight is 425 g/mol. The van der Waals surface area contributed by atoms with E-state index in [1.165, 1.54) is 5.69 Å². The summed E-state index contributed by atoms with van der Waals surface area (Å²) in [4.78, 5) is 21.4. The maximum Gasteiger partial charge on any atom is 0.148 e. The van der Waals surface area contributed by atoms with Gasteiger partial charge in [0.25, 0.3) is 0 Å². The molecule has 0 amide bonds. The highest BCUT2D eigenvalue weighted by atomic mass is 35.5. The Morgan fingerprint density at radius 3 is 2.30 bits per heavy atom. The molecule has 0 aliphatic carbocycles. The first-order chi connectivity index (χ1) is 14.6. The molecule has 0 bridgehead atoms. The number of hydrogen-bond acceptors (Lipinski definition) is 5. The summed E-state index contributed by atoms with van der Waals surface area (Å²) in [5, 5.41) is 0.701. The van der Waals surface area contributed by atoms with Crippen molar-refractivity contribution >= 4 is 35.3 Å². The average Bonchev–Trinajstić information content (AvgIpc) is 2.77. The Bertz CT molecular complexity index is 906. The molecule has 0 spiro atoms. The van der Waals surface area contributed by atoms with Crippen molar-refractivity contribution in [2.45, 2.75) is 6.04 Å². The Kier molecular flexibility index (Phi) is 6.30. The van der Waals surface area contributed by atoms with E-state index in [1.807, 2.05) is 24.3 Å². The standard InChI is InChI=1S/C24H29ClN4O/c1-26-11-14-28(15-12-26)22-6-4-3-5-19(22)17-23-24(18-30)29(16-13-27(23)2)21-9-7-20(25)8-10-21/h3-10,17-18,24H,11-16H2,1-2H3. The number of anilines is 2. The lowest BCUT2D eigenvalue weighted by Gasteiger charge is -2.42. The summed E-state index contributed by atoms with van der Waals surface area (Å²) in [5.41, 5.74) is 4.43. The fraction of sp³-hybridized carbons (Fsp3) is 0.375. The molecule has 158 valence electrons. The number of carbonyl (C=O) groups excluding carboxylic acids is 1. The maximum absolute atomic E-state index is 12.2. The lowest BCUT2D eigenvalue weighted by atomic mass is 10.0. The Balaban J connectivity index is 1.67. The van der Waals surface area contributed by atoms with Crippen LogP contribution in [0.3, 0.4) is 0 Å². The summed E-state index contributed by atoms with van der Waals surface area (Å²) in [6, 6.07) is 15.9. The zero-order valence-electron chi connectivity index (χ0n) is 17.7. The van der Waals surface area contributed by atoms with Gasteiger partial charge < -0.3 is 24.4 Å². The van der Waals surface area contributed by atoms with Crippen molar-refractivity contribution in [1.82, 2.24) is 9.80 Å². The molecule has 6 heteroatoms.